The molecule has 4 N–H and O–H groups in total. The number of hydrazine groups is 1. The van der Waals surface area contributed by atoms with E-state index in [2.05, 4.69) is 15.7 Å². The minimum atomic E-state index is -0.788. The van der Waals surface area contributed by atoms with E-state index in [0.29, 0.717) is 47.8 Å². The van der Waals surface area contributed by atoms with E-state index in [9.17, 15) is 14.4 Å². The summed E-state index contributed by atoms with van der Waals surface area (Å²) < 4.78 is 5.74. The van der Waals surface area contributed by atoms with Gasteiger partial charge in [-0.25, -0.2) is 5.43 Å². The van der Waals surface area contributed by atoms with Gasteiger partial charge in [0.25, 0.3) is 11.8 Å². The van der Waals surface area contributed by atoms with Crippen LogP contribution in [-0.4, -0.2) is 40.4 Å². The summed E-state index contributed by atoms with van der Waals surface area (Å²) in [7, 11) is 0. The Labute approximate surface area is 209 Å². The first-order chi connectivity index (χ1) is 16.8. The number of benzene rings is 1. The number of hydrogen-bond acceptors (Lipinski definition) is 6. The molecule has 1 aliphatic rings. The lowest BCUT2D eigenvalue weighted by Gasteiger charge is -2.30. The Morgan fingerprint density at radius 1 is 1.29 bits per heavy atom. The lowest BCUT2D eigenvalue weighted by Crippen LogP contribution is -2.46. The highest BCUT2D eigenvalue weighted by Crippen LogP contribution is 2.25. The molecule has 1 aliphatic heterocycles. The lowest BCUT2D eigenvalue weighted by molar-refractivity contribution is -0.133. The van der Waals surface area contributed by atoms with Crippen molar-refractivity contribution >= 4 is 29.3 Å². The largest absolute Gasteiger partial charge is 0.480 e. The van der Waals surface area contributed by atoms with Gasteiger partial charge in [-0.3, -0.25) is 24.4 Å². The van der Waals surface area contributed by atoms with Crippen LogP contribution in [0.25, 0.3) is 0 Å². The summed E-state index contributed by atoms with van der Waals surface area (Å²) in [4.78, 5) is 41.4. The Balaban J connectivity index is 1.61. The smallest absolute Gasteiger partial charge is 0.264 e. The van der Waals surface area contributed by atoms with Crippen molar-refractivity contribution in [2.45, 2.75) is 52.3 Å². The molecule has 0 saturated carbocycles. The van der Waals surface area contributed by atoms with Crippen molar-refractivity contribution in [3.63, 3.8) is 0 Å². The lowest BCUT2D eigenvalue weighted by atomic mass is 9.98. The zero-order chi connectivity index (χ0) is 25.4. The molecule has 1 aromatic carbocycles. The highest BCUT2D eigenvalue weighted by atomic mass is 35.5. The molecular formula is C25H30ClN5O4. The number of carbonyl (C=O) groups is 3. The number of nitrogens with two attached hydrogens (primary N) is 1. The van der Waals surface area contributed by atoms with E-state index in [1.807, 2.05) is 19.1 Å². The van der Waals surface area contributed by atoms with Gasteiger partial charge in [-0.1, -0.05) is 30.2 Å². The minimum Gasteiger partial charge on any atom is -0.480 e. The Bertz CT molecular complexity index is 1110. The van der Waals surface area contributed by atoms with Gasteiger partial charge in [0.05, 0.1) is 6.42 Å². The topological polar surface area (TPSA) is 127 Å². The second-order valence-corrected chi connectivity index (χ2v) is 8.72. The highest BCUT2D eigenvalue weighted by molar-refractivity contribution is 6.30. The summed E-state index contributed by atoms with van der Waals surface area (Å²) in [5.74, 6) is -0.686. The van der Waals surface area contributed by atoms with Crippen LogP contribution in [0.5, 0.6) is 5.75 Å². The van der Waals surface area contributed by atoms with Gasteiger partial charge in [-0.15, -0.1) is 0 Å². The molecule has 0 spiro atoms. The number of ether oxygens (including phenoxy) is 1. The number of halogens is 1. The van der Waals surface area contributed by atoms with Crippen LogP contribution in [-0.2, 0) is 27.5 Å². The average molecular weight is 500 g/mol. The van der Waals surface area contributed by atoms with Crippen LogP contribution in [0.4, 0.5) is 0 Å². The average Bonchev–Trinajstić information content (AvgIpc) is 2.84. The van der Waals surface area contributed by atoms with Crippen molar-refractivity contribution in [1.82, 2.24) is 20.7 Å². The third-order valence-electron chi connectivity index (χ3n) is 5.72. The number of amides is 3. The summed E-state index contributed by atoms with van der Waals surface area (Å²) >= 11 is 6.12. The summed E-state index contributed by atoms with van der Waals surface area (Å²) in [6.07, 6.45) is 3.67. The van der Waals surface area contributed by atoms with Crippen molar-refractivity contribution in [1.29, 1.82) is 0 Å². The number of primary amides is 1. The molecule has 3 rings (SSSR count). The Morgan fingerprint density at radius 2 is 2.09 bits per heavy atom. The highest BCUT2D eigenvalue weighted by Gasteiger charge is 2.27. The van der Waals surface area contributed by atoms with Crippen molar-refractivity contribution < 1.29 is 19.1 Å². The molecular weight excluding hydrogens is 470 g/mol. The van der Waals surface area contributed by atoms with Gasteiger partial charge >= 0.3 is 0 Å². The molecule has 9 nitrogen and oxygen atoms in total. The molecule has 10 heteroatoms. The first-order valence-corrected chi connectivity index (χ1v) is 11.8. The predicted octanol–water partition coefficient (Wildman–Crippen LogP) is 2.64. The van der Waals surface area contributed by atoms with Gasteiger partial charge < -0.3 is 15.8 Å². The first kappa shape index (κ1) is 26.2. The van der Waals surface area contributed by atoms with Crippen molar-refractivity contribution in [2.75, 3.05) is 6.54 Å². The number of hydrogen-bond donors (Lipinski definition) is 3. The predicted molar refractivity (Wildman–Crippen MR) is 132 cm³/mol. The summed E-state index contributed by atoms with van der Waals surface area (Å²) in [6.45, 7) is 4.76. The molecule has 1 atom stereocenters. The van der Waals surface area contributed by atoms with Gasteiger partial charge in [-0.05, 0) is 49.6 Å². The van der Waals surface area contributed by atoms with E-state index in [1.54, 1.807) is 42.5 Å². The third kappa shape index (κ3) is 7.27. The summed E-state index contributed by atoms with van der Waals surface area (Å²) in [6, 6.07) is 8.69. The maximum absolute atomic E-state index is 13.0. The SMILES string of the molecule is CCC(Oc1ccc(Cl)cc1CNC(=O)CC1=C(C)CCN(NCc2cccnc2)C1=O)C(N)=O. The van der Waals surface area contributed by atoms with Gasteiger partial charge in [0, 0.05) is 48.2 Å². The Kier molecular flexibility index (Phi) is 9.22. The van der Waals surface area contributed by atoms with E-state index >= 15 is 0 Å². The van der Waals surface area contributed by atoms with E-state index in [1.165, 1.54) is 0 Å². The summed E-state index contributed by atoms with van der Waals surface area (Å²) in [5.41, 5.74) is 11.4. The molecule has 3 amide bonds. The summed E-state index contributed by atoms with van der Waals surface area (Å²) in [5, 5.41) is 4.83. The molecule has 0 bridgehead atoms. The zero-order valence-corrected chi connectivity index (χ0v) is 20.6. The molecule has 1 aromatic heterocycles. The van der Waals surface area contributed by atoms with E-state index in [4.69, 9.17) is 22.1 Å². The molecule has 1 unspecified atom stereocenters. The molecule has 35 heavy (non-hydrogen) atoms. The Hall–Kier alpha value is -3.43. The number of rotatable bonds is 11. The maximum atomic E-state index is 13.0. The monoisotopic (exact) mass is 499 g/mol. The standard InChI is InChI=1S/C25H30ClN5O4/c1-3-21(24(27)33)35-22-7-6-19(26)11-18(22)15-29-23(32)12-20-16(2)8-10-31(25(20)34)30-14-17-5-4-9-28-13-17/h4-7,9,11,13,21,30H,3,8,10,12,14-15H2,1-2H3,(H2,27,33)(H,29,32). The van der Waals surface area contributed by atoms with Crippen molar-refractivity contribution in [2.24, 2.45) is 5.73 Å². The normalized spacial score (nSPS) is 14.6. The fraction of sp³-hybridized carbons (Fsp3) is 0.360. The third-order valence-corrected chi connectivity index (χ3v) is 5.95. The van der Waals surface area contributed by atoms with E-state index < -0.39 is 12.0 Å². The number of aromatic nitrogens is 1. The van der Waals surface area contributed by atoms with Gasteiger partial charge in [-0.2, -0.15) is 0 Å². The minimum absolute atomic E-state index is 0.0502. The molecule has 0 radical (unpaired) electrons. The van der Waals surface area contributed by atoms with Crippen LogP contribution < -0.4 is 21.2 Å². The Morgan fingerprint density at radius 3 is 2.77 bits per heavy atom. The zero-order valence-electron chi connectivity index (χ0n) is 19.8. The molecule has 186 valence electrons. The van der Waals surface area contributed by atoms with Crippen molar-refractivity contribution in [3.05, 3.63) is 70.0 Å². The van der Waals surface area contributed by atoms with Crippen LogP contribution >= 0.6 is 11.6 Å². The molecule has 0 saturated heterocycles. The maximum Gasteiger partial charge on any atom is 0.264 e. The van der Waals surface area contributed by atoms with Crippen molar-refractivity contribution in [3.8, 4) is 5.75 Å². The fourth-order valence-electron chi connectivity index (χ4n) is 3.66. The van der Waals surface area contributed by atoms with E-state index in [-0.39, 0.29) is 24.8 Å². The van der Waals surface area contributed by atoms with Gasteiger partial charge in [0.2, 0.25) is 5.91 Å². The van der Waals surface area contributed by atoms with Crippen LogP contribution in [0.15, 0.2) is 53.9 Å². The van der Waals surface area contributed by atoms with Crippen LogP contribution in [0, 0.1) is 0 Å². The second kappa shape index (κ2) is 12.3. The fourth-order valence-corrected chi connectivity index (χ4v) is 3.85. The van der Waals surface area contributed by atoms with Gasteiger partial charge in [0.15, 0.2) is 6.10 Å². The van der Waals surface area contributed by atoms with Crippen LogP contribution in [0.3, 0.4) is 0 Å². The number of nitrogens with zero attached hydrogens (tertiary/aromatic N) is 2. The number of nitrogens with one attached hydrogen (secondary N) is 2. The first-order valence-electron chi connectivity index (χ1n) is 11.4. The molecule has 2 aromatic rings. The van der Waals surface area contributed by atoms with Crippen LogP contribution in [0.1, 0.15) is 44.2 Å². The molecule has 0 aliphatic carbocycles. The number of carbonyl (C=O) groups excluding carboxylic acids is 3. The molecule has 0 fully saturated rings. The molecule has 2 heterocycles. The van der Waals surface area contributed by atoms with Crippen LogP contribution in [0.2, 0.25) is 5.02 Å². The quantitative estimate of drug-likeness (QED) is 0.436. The number of pyridine rings is 1. The van der Waals surface area contributed by atoms with Gasteiger partial charge in [0.1, 0.15) is 5.75 Å². The second-order valence-electron chi connectivity index (χ2n) is 8.28. The van der Waals surface area contributed by atoms with E-state index in [0.717, 1.165) is 11.1 Å².